The molecule has 0 aromatic carbocycles. The Kier molecular flexibility index (Phi) is 4.69. The molecule has 0 fully saturated rings. The van der Waals surface area contributed by atoms with Crippen LogP contribution in [0, 0.1) is 5.92 Å². The van der Waals surface area contributed by atoms with Crippen molar-refractivity contribution in [1.29, 1.82) is 0 Å². The molecule has 1 atom stereocenters. The van der Waals surface area contributed by atoms with Gasteiger partial charge in [0.2, 0.25) is 0 Å². The van der Waals surface area contributed by atoms with Crippen molar-refractivity contribution < 1.29 is 5.11 Å². The number of hydrogen-bond donors (Lipinski definition) is 1. The fraction of sp³-hybridized carbons (Fsp3) is 0.833. The standard InChI is InChI=1S/C12H24O/c1-9(2)7-8-12(6,13)11(5)10(3)4/h9,13H,7-8H2,1-6H3. The van der Waals surface area contributed by atoms with Crippen LogP contribution in [0.2, 0.25) is 0 Å². The molecule has 0 bridgehead atoms. The molecule has 0 heterocycles. The van der Waals surface area contributed by atoms with Crippen molar-refractivity contribution in [2.75, 3.05) is 0 Å². The van der Waals surface area contributed by atoms with E-state index in [0.29, 0.717) is 5.92 Å². The van der Waals surface area contributed by atoms with Crippen molar-refractivity contribution in [1.82, 2.24) is 0 Å². The third-order valence-electron chi connectivity index (χ3n) is 2.77. The molecule has 1 nitrogen and oxygen atoms in total. The first kappa shape index (κ1) is 12.7. The minimum absolute atomic E-state index is 0.608. The maximum Gasteiger partial charge on any atom is 0.0828 e. The molecule has 0 aliphatic heterocycles. The monoisotopic (exact) mass is 184 g/mol. The summed E-state index contributed by atoms with van der Waals surface area (Å²) in [5, 5.41) is 10.1. The zero-order valence-corrected chi connectivity index (χ0v) is 9.94. The van der Waals surface area contributed by atoms with E-state index in [0.717, 1.165) is 18.4 Å². The number of hydrogen-bond acceptors (Lipinski definition) is 1. The van der Waals surface area contributed by atoms with Gasteiger partial charge in [0.05, 0.1) is 5.60 Å². The molecule has 0 aliphatic carbocycles. The Labute approximate surface area is 82.9 Å². The first-order valence-electron chi connectivity index (χ1n) is 5.14. The topological polar surface area (TPSA) is 20.2 Å². The van der Waals surface area contributed by atoms with E-state index in [9.17, 15) is 5.11 Å². The Morgan fingerprint density at radius 3 is 2.00 bits per heavy atom. The summed E-state index contributed by atoms with van der Waals surface area (Å²) in [6.07, 6.45) is 1.94. The average molecular weight is 184 g/mol. The minimum atomic E-state index is -0.608. The lowest BCUT2D eigenvalue weighted by Gasteiger charge is -2.26. The van der Waals surface area contributed by atoms with Crippen LogP contribution in [0.15, 0.2) is 11.1 Å². The van der Waals surface area contributed by atoms with Crippen LogP contribution < -0.4 is 0 Å². The summed E-state index contributed by atoms with van der Waals surface area (Å²) >= 11 is 0. The second-order valence-electron chi connectivity index (χ2n) is 4.83. The molecule has 0 saturated carbocycles. The van der Waals surface area contributed by atoms with Crippen molar-refractivity contribution in [3.63, 3.8) is 0 Å². The van der Waals surface area contributed by atoms with E-state index >= 15 is 0 Å². The molecule has 0 rings (SSSR count). The molecule has 0 aromatic heterocycles. The van der Waals surface area contributed by atoms with Gasteiger partial charge in [0.1, 0.15) is 0 Å². The van der Waals surface area contributed by atoms with Crippen molar-refractivity contribution in [3.8, 4) is 0 Å². The predicted molar refractivity (Wildman–Crippen MR) is 58.7 cm³/mol. The molecule has 0 amide bonds. The van der Waals surface area contributed by atoms with Gasteiger partial charge >= 0.3 is 0 Å². The highest BCUT2D eigenvalue weighted by atomic mass is 16.3. The van der Waals surface area contributed by atoms with Crippen molar-refractivity contribution in [2.45, 2.75) is 60.0 Å². The van der Waals surface area contributed by atoms with Crippen LogP contribution in [0.1, 0.15) is 54.4 Å². The third kappa shape index (κ3) is 4.47. The van der Waals surface area contributed by atoms with Gasteiger partial charge in [-0.05, 0) is 52.0 Å². The Hall–Kier alpha value is -0.300. The second kappa shape index (κ2) is 4.80. The first-order chi connectivity index (χ1) is 5.77. The zero-order valence-electron chi connectivity index (χ0n) is 9.94. The zero-order chi connectivity index (χ0) is 10.6. The highest BCUT2D eigenvalue weighted by molar-refractivity contribution is 5.17. The van der Waals surface area contributed by atoms with E-state index in [1.807, 2.05) is 13.8 Å². The van der Waals surface area contributed by atoms with E-state index in [1.54, 1.807) is 0 Å². The fourth-order valence-electron chi connectivity index (χ4n) is 1.30. The molecule has 78 valence electrons. The van der Waals surface area contributed by atoms with Crippen LogP contribution in [0.5, 0.6) is 0 Å². The first-order valence-corrected chi connectivity index (χ1v) is 5.14. The van der Waals surface area contributed by atoms with Crippen LogP contribution in [0.3, 0.4) is 0 Å². The second-order valence-corrected chi connectivity index (χ2v) is 4.83. The highest BCUT2D eigenvalue weighted by Gasteiger charge is 2.23. The lowest BCUT2D eigenvalue weighted by molar-refractivity contribution is 0.0816. The Morgan fingerprint density at radius 2 is 1.69 bits per heavy atom. The summed E-state index contributed by atoms with van der Waals surface area (Å²) in [5.74, 6) is 0.663. The van der Waals surface area contributed by atoms with Gasteiger partial charge in [-0.1, -0.05) is 19.4 Å². The molecule has 0 aliphatic rings. The normalized spacial score (nSPS) is 15.7. The van der Waals surface area contributed by atoms with E-state index in [2.05, 4.69) is 27.7 Å². The van der Waals surface area contributed by atoms with Gasteiger partial charge in [-0.2, -0.15) is 0 Å². The van der Waals surface area contributed by atoms with Crippen LogP contribution in [-0.2, 0) is 0 Å². The number of aliphatic hydroxyl groups is 1. The van der Waals surface area contributed by atoms with E-state index < -0.39 is 5.60 Å². The summed E-state index contributed by atoms with van der Waals surface area (Å²) in [4.78, 5) is 0. The van der Waals surface area contributed by atoms with Gasteiger partial charge < -0.3 is 5.11 Å². The van der Waals surface area contributed by atoms with E-state index in [4.69, 9.17) is 0 Å². The fourth-order valence-corrected chi connectivity index (χ4v) is 1.30. The Bertz CT molecular complexity index is 183. The number of allylic oxidation sites excluding steroid dienone is 1. The molecule has 1 N–H and O–H groups in total. The van der Waals surface area contributed by atoms with E-state index in [-0.39, 0.29) is 0 Å². The molecule has 1 unspecified atom stereocenters. The lowest BCUT2D eigenvalue weighted by atomic mass is 9.87. The lowest BCUT2D eigenvalue weighted by Crippen LogP contribution is -2.26. The summed E-state index contributed by atoms with van der Waals surface area (Å²) < 4.78 is 0. The summed E-state index contributed by atoms with van der Waals surface area (Å²) in [6, 6.07) is 0. The van der Waals surface area contributed by atoms with Crippen LogP contribution >= 0.6 is 0 Å². The quantitative estimate of drug-likeness (QED) is 0.663. The van der Waals surface area contributed by atoms with Gasteiger partial charge in [-0.25, -0.2) is 0 Å². The number of rotatable bonds is 4. The summed E-state index contributed by atoms with van der Waals surface area (Å²) in [7, 11) is 0. The average Bonchev–Trinajstić information content (AvgIpc) is 1.99. The molecule has 13 heavy (non-hydrogen) atoms. The SMILES string of the molecule is CC(C)=C(C)C(C)(O)CCC(C)C. The summed E-state index contributed by atoms with van der Waals surface area (Å²) in [6.45, 7) is 12.4. The molecular weight excluding hydrogens is 160 g/mol. The molecule has 0 aromatic rings. The summed E-state index contributed by atoms with van der Waals surface area (Å²) in [5.41, 5.74) is 1.74. The molecule has 0 spiro atoms. The third-order valence-corrected chi connectivity index (χ3v) is 2.77. The maximum absolute atomic E-state index is 10.1. The smallest absolute Gasteiger partial charge is 0.0828 e. The minimum Gasteiger partial charge on any atom is -0.386 e. The maximum atomic E-state index is 10.1. The van der Waals surface area contributed by atoms with Crippen LogP contribution in [-0.4, -0.2) is 10.7 Å². The van der Waals surface area contributed by atoms with Gasteiger partial charge in [0, 0.05) is 0 Å². The molecular formula is C12H24O. The van der Waals surface area contributed by atoms with Crippen LogP contribution in [0.4, 0.5) is 0 Å². The van der Waals surface area contributed by atoms with Crippen LogP contribution in [0.25, 0.3) is 0 Å². The highest BCUT2D eigenvalue weighted by Crippen LogP contribution is 2.26. The van der Waals surface area contributed by atoms with E-state index in [1.165, 1.54) is 5.57 Å². The van der Waals surface area contributed by atoms with Crippen molar-refractivity contribution in [2.24, 2.45) is 5.92 Å². The van der Waals surface area contributed by atoms with Gasteiger partial charge in [-0.15, -0.1) is 0 Å². The molecule has 1 heteroatoms. The van der Waals surface area contributed by atoms with Crippen molar-refractivity contribution in [3.05, 3.63) is 11.1 Å². The predicted octanol–water partition coefficient (Wildman–Crippen LogP) is 3.53. The van der Waals surface area contributed by atoms with Gasteiger partial charge in [0.25, 0.3) is 0 Å². The Morgan fingerprint density at radius 1 is 1.23 bits per heavy atom. The molecule has 0 radical (unpaired) electrons. The largest absolute Gasteiger partial charge is 0.386 e. The van der Waals surface area contributed by atoms with Gasteiger partial charge in [0.15, 0.2) is 0 Å². The van der Waals surface area contributed by atoms with Gasteiger partial charge in [-0.3, -0.25) is 0 Å². The Balaban J connectivity index is 4.32. The molecule has 0 saturated heterocycles. The van der Waals surface area contributed by atoms with Crippen molar-refractivity contribution >= 4 is 0 Å².